The van der Waals surface area contributed by atoms with E-state index >= 15 is 0 Å². The second kappa shape index (κ2) is 8.69. The van der Waals surface area contributed by atoms with Crippen LogP contribution >= 0.6 is 0 Å². The molecule has 0 saturated heterocycles. The van der Waals surface area contributed by atoms with E-state index in [4.69, 9.17) is 0 Å². The first-order valence-corrected chi connectivity index (χ1v) is 11.8. The second-order valence-electron chi connectivity index (χ2n) is 7.56. The first-order valence-electron chi connectivity index (χ1n) is 10.1. The molecule has 0 atom stereocenters. The Morgan fingerprint density at radius 1 is 0.889 bits per heavy atom. The predicted octanol–water partition coefficient (Wildman–Crippen LogP) is 4.67. The number of nitrogens with zero attached hydrogens (tertiary/aromatic N) is 4. The summed E-state index contributed by atoms with van der Waals surface area (Å²) in [5, 5.41) is 6.84. The van der Waals surface area contributed by atoms with Crippen LogP contribution in [0.2, 0.25) is 0 Å². The lowest BCUT2D eigenvalue weighted by molar-refractivity contribution is -0.138. The number of fused-ring (bicyclic) bond motifs is 1. The van der Waals surface area contributed by atoms with Gasteiger partial charge in [0.2, 0.25) is 0 Å². The summed E-state index contributed by atoms with van der Waals surface area (Å²) in [7, 11) is -4.14. The molecule has 0 aliphatic carbocycles. The fourth-order valence-corrected chi connectivity index (χ4v) is 4.41. The van der Waals surface area contributed by atoms with Gasteiger partial charge in [0.15, 0.2) is 15.7 Å². The van der Waals surface area contributed by atoms with E-state index in [1.807, 2.05) is 0 Å². The summed E-state index contributed by atoms with van der Waals surface area (Å²) in [4.78, 5) is 16.4. The van der Waals surface area contributed by atoms with Gasteiger partial charge < -0.3 is 0 Å². The van der Waals surface area contributed by atoms with Crippen molar-refractivity contribution in [1.29, 1.82) is 0 Å². The van der Waals surface area contributed by atoms with E-state index in [2.05, 4.69) is 15.3 Å². The highest BCUT2D eigenvalue weighted by atomic mass is 32.2. The van der Waals surface area contributed by atoms with Gasteiger partial charge in [0.05, 0.1) is 22.3 Å². The summed E-state index contributed by atoms with van der Waals surface area (Å²) < 4.78 is 105. The average Bonchev–Trinajstić information content (AvgIpc) is 2.83. The third-order valence-electron chi connectivity index (χ3n) is 5.26. The molecule has 0 aliphatic heterocycles. The van der Waals surface area contributed by atoms with Crippen LogP contribution in [-0.2, 0) is 22.2 Å². The Kier molecular flexibility index (Phi) is 6.11. The maximum atomic E-state index is 13.1. The smallest absolute Gasteiger partial charge is 0.267 e. The molecule has 0 spiro atoms. The first-order chi connectivity index (χ1) is 16.7. The van der Waals surface area contributed by atoms with Crippen LogP contribution in [0.3, 0.4) is 0 Å². The number of sulfone groups is 1. The number of hydrogen-bond donors (Lipinski definition) is 0. The molecule has 7 nitrogen and oxygen atoms in total. The molecule has 0 amide bonds. The molecule has 4 aromatic rings. The molecule has 0 saturated carbocycles. The van der Waals surface area contributed by atoms with Gasteiger partial charge in [-0.1, -0.05) is 24.3 Å². The lowest BCUT2D eigenvalue weighted by atomic mass is 10.0. The molecule has 36 heavy (non-hydrogen) atoms. The minimum absolute atomic E-state index is 0.00182. The zero-order chi connectivity index (χ0) is 26.5. The fraction of sp³-hybridized carbons (Fsp3) is 0.182. The maximum absolute atomic E-state index is 13.1. The van der Waals surface area contributed by atoms with E-state index in [1.54, 1.807) is 0 Å². The van der Waals surface area contributed by atoms with Crippen LogP contribution in [0.15, 0.2) is 64.4 Å². The monoisotopic (exact) mass is 528 g/mol. The average molecular weight is 528 g/mol. The molecule has 2 heterocycles. The van der Waals surface area contributed by atoms with Gasteiger partial charge in [-0.15, -0.1) is 5.10 Å². The van der Waals surface area contributed by atoms with Gasteiger partial charge >= 0.3 is 12.4 Å². The van der Waals surface area contributed by atoms with Crippen LogP contribution in [0.25, 0.3) is 27.8 Å². The number of halogens is 6. The predicted molar refractivity (Wildman–Crippen MR) is 116 cm³/mol. The Bertz CT molecular complexity index is 1650. The van der Waals surface area contributed by atoms with Crippen molar-refractivity contribution in [3.63, 3.8) is 0 Å². The van der Waals surface area contributed by atoms with Crippen LogP contribution < -0.4 is 5.56 Å². The minimum Gasteiger partial charge on any atom is -0.267 e. The standard InChI is InChI=1S/C22H14F6N4O3S/c1-2-36(34,35)18-9-13(12-4-3-5-14(8-12)21(23,24)25)11-29-19(18)32-20(33)16-10-15(22(26,27)28)6-7-17(16)30-31-32/h3-11H,2H2,1H3. The normalized spacial score (nSPS) is 12.8. The zero-order valence-corrected chi connectivity index (χ0v) is 18.9. The molecular weight excluding hydrogens is 514 g/mol. The van der Waals surface area contributed by atoms with Crippen LogP contribution in [0.5, 0.6) is 0 Å². The van der Waals surface area contributed by atoms with Gasteiger partial charge in [-0.3, -0.25) is 4.79 Å². The summed E-state index contributed by atoms with van der Waals surface area (Å²) in [6.07, 6.45) is -8.37. The van der Waals surface area contributed by atoms with Crippen molar-refractivity contribution in [2.45, 2.75) is 24.2 Å². The summed E-state index contributed by atoms with van der Waals surface area (Å²) >= 11 is 0. The highest BCUT2D eigenvalue weighted by molar-refractivity contribution is 7.91. The summed E-state index contributed by atoms with van der Waals surface area (Å²) in [5.74, 6) is -1.02. The summed E-state index contributed by atoms with van der Waals surface area (Å²) in [6.45, 7) is 1.29. The van der Waals surface area contributed by atoms with E-state index in [9.17, 15) is 39.6 Å². The van der Waals surface area contributed by atoms with E-state index < -0.39 is 60.7 Å². The van der Waals surface area contributed by atoms with Crippen molar-refractivity contribution >= 4 is 20.7 Å². The van der Waals surface area contributed by atoms with Crippen LogP contribution in [0.4, 0.5) is 26.3 Å². The molecule has 0 N–H and O–H groups in total. The topological polar surface area (TPSA) is 94.8 Å². The van der Waals surface area contributed by atoms with Crippen LogP contribution in [0.1, 0.15) is 18.1 Å². The Morgan fingerprint density at radius 2 is 1.56 bits per heavy atom. The van der Waals surface area contributed by atoms with Crippen LogP contribution in [0, 0.1) is 0 Å². The molecule has 0 bridgehead atoms. The van der Waals surface area contributed by atoms with Gasteiger partial charge in [-0.05, 0) is 42.0 Å². The molecule has 2 aromatic carbocycles. The van der Waals surface area contributed by atoms with Gasteiger partial charge in [0, 0.05) is 11.8 Å². The zero-order valence-electron chi connectivity index (χ0n) is 18.1. The van der Waals surface area contributed by atoms with E-state index in [1.165, 1.54) is 13.0 Å². The fourth-order valence-electron chi connectivity index (χ4n) is 3.37. The maximum Gasteiger partial charge on any atom is 0.416 e. The third kappa shape index (κ3) is 4.67. The molecular formula is C22H14F6N4O3S. The lowest BCUT2D eigenvalue weighted by Crippen LogP contribution is -2.26. The van der Waals surface area contributed by atoms with Crippen molar-refractivity contribution in [3.05, 3.63) is 76.2 Å². The molecule has 0 fully saturated rings. The molecule has 14 heteroatoms. The summed E-state index contributed by atoms with van der Waals surface area (Å²) in [6, 6.07) is 7.36. The highest BCUT2D eigenvalue weighted by Crippen LogP contribution is 2.33. The molecule has 0 unspecified atom stereocenters. The van der Waals surface area contributed by atoms with Crippen molar-refractivity contribution in [1.82, 2.24) is 20.0 Å². The third-order valence-corrected chi connectivity index (χ3v) is 6.99. The Labute approximate surface area is 198 Å². The van der Waals surface area contributed by atoms with Crippen molar-refractivity contribution in [2.75, 3.05) is 5.75 Å². The Hall–Kier alpha value is -3.81. The van der Waals surface area contributed by atoms with Gasteiger partial charge in [-0.25, -0.2) is 13.4 Å². The highest BCUT2D eigenvalue weighted by Gasteiger charge is 2.32. The van der Waals surface area contributed by atoms with Crippen molar-refractivity contribution < 1.29 is 34.8 Å². The molecule has 188 valence electrons. The minimum atomic E-state index is -4.75. The second-order valence-corrected chi connectivity index (χ2v) is 9.81. The van der Waals surface area contributed by atoms with Crippen LogP contribution in [-0.4, -0.2) is 34.1 Å². The van der Waals surface area contributed by atoms with E-state index in [0.29, 0.717) is 10.7 Å². The molecule has 0 aliphatic rings. The Balaban J connectivity index is 1.95. The van der Waals surface area contributed by atoms with Gasteiger partial charge in [0.25, 0.3) is 5.56 Å². The number of alkyl halides is 6. The van der Waals surface area contributed by atoms with E-state index in [0.717, 1.165) is 42.6 Å². The van der Waals surface area contributed by atoms with Crippen molar-refractivity contribution in [2.24, 2.45) is 0 Å². The summed E-state index contributed by atoms with van der Waals surface area (Å²) in [5.41, 5.74) is -3.37. The van der Waals surface area contributed by atoms with Gasteiger partial charge in [-0.2, -0.15) is 31.0 Å². The largest absolute Gasteiger partial charge is 0.416 e. The van der Waals surface area contributed by atoms with Gasteiger partial charge in [0.1, 0.15) is 10.4 Å². The Morgan fingerprint density at radius 3 is 2.19 bits per heavy atom. The number of rotatable bonds is 4. The number of aromatic nitrogens is 4. The van der Waals surface area contributed by atoms with Crippen molar-refractivity contribution in [3.8, 4) is 16.9 Å². The lowest BCUT2D eigenvalue weighted by Gasteiger charge is -2.13. The first kappa shape index (κ1) is 25.3. The van der Waals surface area contributed by atoms with E-state index in [-0.39, 0.29) is 16.6 Å². The quantitative estimate of drug-likeness (QED) is 0.357. The molecule has 2 aromatic heterocycles. The SMILES string of the molecule is CCS(=O)(=O)c1cc(-c2cccc(C(F)(F)F)c2)cnc1-n1nnc2ccc(C(F)(F)F)cc2c1=O. The number of pyridine rings is 1. The number of hydrogen-bond acceptors (Lipinski definition) is 6. The molecule has 0 radical (unpaired) electrons. The number of benzene rings is 2. The molecule has 4 rings (SSSR count).